The molecular formula is C15H13ClO4S. The maximum absolute atomic E-state index is 11.7. The van der Waals surface area contributed by atoms with Gasteiger partial charge in [-0.3, -0.25) is 0 Å². The Bertz CT molecular complexity index is 834. The van der Waals surface area contributed by atoms with Crippen LogP contribution < -0.4 is 4.74 Å². The topological polar surface area (TPSA) is 60.4 Å². The Morgan fingerprint density at radius 1 is 1.10 bits per heavy atom. The molecular weight excluding hydrogens is 312 g/mol. The number of carbonyl (C=O) groups excluding carboxylic acids is 1. The summed E-state index contributed by atoms with van der Waals surface area (Å²) < 4.78 is 28.4. The highest BCUT2D eigenvalue weighted by molar-refractivity contribution is 8.14. The summed E-state index contributed by atoms with van der Waals surface area (Å²) in [4.78, 5) is 11.7. The molecule has 0 fully saturated rings. The van der Waals surface area contributed by atoms with E-state index >= 15 is 0 Å². The summed E-state index contributed by atoms with van der Waals surface area (Å²) in [6.45, 7) is 3.56. The fourth-order valence-electron chi connectivity index (χ4n) is 1.93. The van der Waals surface area contributed by atoms with Gasteiger partial charge in [0.25, 0.3) is 9.05 Å². The van der Waals surface area contributed by atoms with Crippen LogP contribution in [0.4, 0.5) is 0 Å². The summed E-state index contributed by atoms with van der Waals surface area (Å²) in [5.41, 5.74) is 0.810. The van der Waals surface area contributed by atoms with Crippen LogP contribution in [0.5, 0.6) is 5.75 Å². The molecule has 0 saturated carbocycles. The molecule has 0 amide bonds. The molecule has 0 atom stereocenters. The third-order valence-corrected chi connectivity index (χ3v) is 4.10. The monoisotopic (exact) mass is 324 g/mol. The van der Waals surface area contributed by atoms with Crippen LogP contribution in [-0.4, -0.2) is 14.4 Å². The Labute approximate surface area is 127 Å². The molecule has 0 unspecified atom stereocenters. The molecule has 0 aliphatic carbocycles. The second-order valence-corrected chi connectivity index (χ2v) is 7.22. The number of hydrogen-bond acceptors (Lipinski definition) is 4. The first-order chi connectivity index (χ1) is 9.79. The molecule has 110 valence electrons. The van der Waals surface area contributed by atoms with E-state index in [1.54, 1.807) is 44.2 Å². The molecule has 21 heavy (non-hydrogen) atoms. The van der Waals surface area contributed by atoms with E-state index in [0.29, 0.717) is 10.8 Å². The maximum Gasteiger partial charge on any atom is 0.336 e. The zero-order valence-electron chi connectivity index (χ0n) is 11.5. The highest BCUT2D eigenvalue weighted by atomic mass is 35.7. The molecule has 0 heterocycles. The van der Waals surface area contributed by atoms with E-state index in [-0.39, 0.29) is 10.6 Å². The molecule has 2 rings (SSSR count). The average molecular weight is 325 g/mol. The van der Waals surface area contributed by atoms with Crippen molar-refractivity contribution < 1.29 is 17.9 Å². The van der Waals surface area contributed by atoms with Gasteiger partial charge in [0.2, 0.25) is 0 Å². The second kappa shape index (κ2) is 5.87. The summed E-state index contributed by atoms with van der Waals surface area (Å²) in [6, 6.07) is 9.46. The number of benzene rings is 2. The number of rotatable bonds is 3. The number of ether oxygens (including phenoxy) is 1. The summed E-state index contributed by atoms with van der Waals surface area (Å²) in [6.07, 6.45) is 1.36. The molecule has 0 spiro atoms. The molecule has 2 aromatic rings. The third kappa shape index (κ3) is 3.62. The third-order valence-electron chi connectivity index (χ3n) is 2.72. The Morgan fingerprint density at radius 3 is 2.33 bits per heavy atom. The fraction of sp³-hybridized carbons (Fsp3) is 0.133. The van der Waals surface area contributed by atoms with Crippen molar-refractivity contribution >= 4 is 36.5 Å². The Hall–Kier alpha value is -1.85. The molecule has 2 aromatic carbocycles. The molecule has 0 bridgehead atoms. The van der Waals surface area contributed by atoms with Crippen molar-refractivity contribution in [1.82, 2.24) is 0 Å². The summed E-state index contributed by atoms with van der Waals surface area (Å²) in [7, 11) is 1.55. The Balaban J connectivity index is 2.58. The fourth-order valence-corrected chi connectivity index (χ4v) is 3.01. The molecule has 0 N–H and O–H groups in total. The second-order valence-electron chi connectivity index (χ2n) is 4.69. The van der Waals surface area contributed by atoms with E-state index < -0.39 is 15.0 Å². The van der Waals surface area contributed by atoms with Crippen LogP contribution >= 0.6 is 10.7 Å². The van der Waals surface area contributed by atoms with Crippen LogP contribution in [0, 0.1) is 0 Å². The maximum atomic E-state index is 11.7. The lowest BCUT2D eigenvalue weighted by molar-refractivity contribution is -0.128. The first kappa shape index (κ1) is 15.5. The summed E-state index contributed by atoms with van der Waals surface area (Å²) >= 11 is 0. The zero-order valence-corrected chi connectivity index (χ0v) is 13.0. The molecule has 0 saturated heterocycles. The zero-order chi connectivity index (χ0) is 15.6. The number of esters is 1. The van der Waals surface area contributed by atoms with Crippen molar-refractivity contribution in [2.24, 2.45) is 0 Å². The lowest BCUT2D eigenvalue weighted by atomic mass is 10.1. The van der Waals surface area contributed by atoms with Gasteiger partial charge in [-0.05, 0) is 26.0 Å². The van der Waals surface area contributed by atoms with Crippen molar-refractivity contribution in [3.8, 4) is 5.75 Å². The van der Waals surface area contributed by atoms with E-state index in [1.165, 1.54) is 12.1 Å². The lowest BCUT2D eigenvalue weighted by Gasteiger charge is -2.08. The van der Waals surface area contributed by atoms with Crippen LogP contribution in [0.3, 0.4) is 0 Å². The normalized spacial score (nSPS) is 11.2. The van der Waals surface area contributed by atoms with Crippen molar-refractivity contribution in [3.05, 3.63) is 48.0 Å². The van der Waals surface area contributed by atoms with Crippen LogP contribution in [0.25, 0.3) is 10.8 Å². The van der Waals surface area contributed by atoms with Gasteiger partial charge in [0.05, 0.1) is 4.90 Å². The molecule has 0 aliphatic rings. The molecule has 4 nitrogen and oxygen atoms in total. The lowest BCUT2D eigenvalue weighted by Crippen LogP contribution is -2.05. The largest absolute Gasteiger partial charge is 0.423 e. The van der Waals surface area contributed by atoms with Crippen LogP contribution in [-0.2, 0) is 13.8 Å². The average Bonchev–Trinajstić information content (AvgIpc) is 2.36. The smallest absolute Gasteiger partial charge is 0.336 e. The van der Waals surface area contributed by atoms with E-state index in [1.807, 2.05) is 0 Å². The minimum Gasteiger partial charge on any atom is -0.423 e. The molecule has 6 heteroatoms. The highest BCUT2D eigenvalue weighted by Crippen LogP contribution is 2.31. The Kier molecular flexibility index (Phi) is 4.34. The van der Waals surface area contributed by atoms with Gasteiger partial charge in [0, 0.05) is 27.5 Å². The Morgan fingerprint density at radius 2 is 1.71 bits per heavy atom. The summed E-state index contributed by atoms with van der Waals surface area (Å²) in [5.74, 6) is -0.223. The highest BCUT2D eigenvalue weighted by Gasteiger charge is 2.16. The molecule has 0 aromatic heterocycles. The standard InChI is InChI=1S/C15H13ClO4S/c1-10(2)9-15(17)20-13-7-3-6-12-11(13)5-4-8-14(12)21(16,18)19/h3-9H,1-2H3. The van der Waals surface area contributed by atoms with Gasteiger partial charge in [0.1, 0.15) is 5.75 Å². The van der Waals surface area contributed by atoms with Gasteiger partial charge in [-0.2, -0.15) is 0 Å². The SMILES string of the molecule is CC(C)=CC(=O)Oc1cccc2c(S(=O)(=O)Cl)cccc12. The summed E-state index contributed by atoms with van der Waals surface area (Å²) in [5, 5.41) is 0.921. The quantitative estimate of drug-likeness (QED) is 0.374. The van der Waals surface area contributed by atoms with Gasteiger partial charge in [-0.25, -0.2) is 13.2 Å². The van der Waals surface area contributed by atoms with Gasteiger partial charge in [-0.1, -0.05) is 29.8 Å². The predicted molar refractivity (Wildman–Crippen MR) is 82.1 cm³/mol. The molecule has 0 radical (unpaired) electrons. The molecule has 0 aliphatic heterocycles. The first-order valence-corrected chi connectivity index (χ1v) is 8.43. The van der Waals surface area contributed by atoms with Crippen LogP contribution in [0.2, 0.25) is 0 Å². The van der Waals surface area contributed by atoms with Crippen LogP contribution in [0.1, 0.15) is 13.8 Å². The number of fused-ring (bicyclic) bond motifs is 1. The van der Waals surface area contributed by atoms with E-state index in [4.69, 9.17) is 15.4 Å². The van der Waals surface area contributed by atoms with Gasteiger partial charge in [-0.15, -0.1) is 0 Å². The van der Waals surface area contributed by atoms with E-state index in [0.717, 1.165) is 5.57 Å². The van der Waals surface area contributed by atoms with Gasteiger partial charge in [0.15, 0.2) is 0 Å². The van der Waals surface area contributed by atoms with Gasteiger partial charge >= 0.3 is 5.97 Å². The number of allylic oxidation sites excluding steroid dienone is 1. The van der Waals surface area contributed by atoms with E-state index in [9.17, 15) is 13.2 Å². The first-order valence-electron chi connectivity index (χ1n) is 6.12. The van der Waals surface area contributed by atoms with E-state index in [2.05, 4.69) is 0 Å². The van der Waals surface area contributed by atoms with Crippen molar-refractivity contribution in [3.63, 3.8) is 0 Å². The minimum atomic E-state index is -3.87. The predicted octanol–water partition coefficient (Wildman–Crippen LogP) is 3.64. The minimum absolute atomic E-state index is 0.0122. The number of carbonyl (C=O) groups is 1. The number of hydrogen-bond donors (Lipinski definition) is 0. The van der Waals surface area contributed by atoms with Crippen LogP contribution in [0.15, 0.2) is 52.9 Å². The van der Waals surface area contributed by atoms with Crippen molar-refractivity contribution in [2.75, 3.05) is 0 Å². The van der Waals surface area contributed by atoms with Crippen molar-refractivity contribution in [1.29, 1.82) is 0 Å². The number of halogens is 1. The van der Waals surface area contributed by atoms with Crippen molar-refractivity contribution in [2.45, 2.75) is 18.7 Å². The van der Waals surface area contributed by atoms with Gasteiger partial charge < -0.3 is 4.74 Å².